The minimum atomic E-state index is -0.375. The Morgan fingerprint density at radius 1 is 1.47 bits per heavy atom. The van der Waals surface area contributed by atoms with Crippen LogP contribution in [0.3, 0.4) is 0 Å². The van der Waals surface area contributed by atoms with Gasteiger partial charge in [-0.2, -0.15) is 0 Å². The summed E-state index contributed by atoms with van der Waals surface area (Å²) in [6.45, 7) is 5.61. The zero-order chi connectivity index (χ0) is 11.4. The van der Waals surface area contributed by atoms with Gasteiger partial charge in [0.2, 0.25) is 0 Å². The summed E-state index contributed by atoms with van der Waals surface area (Å²) < 4.78 is 0. The minimum Gasteiger partial charge on any atom is -0.251 e. The third-order valence-corrected chi connectivity index (χ3v) is 1.53. The molecule has 1 unspecified atom stereocenters. The lowest BCUT2D eigenvalue weighted by Crippen LogP contribution is -2.04. The molecule has 0 aromatic heterocycles. The molecule has 2 heteroatoms. The third-order valence-electron chi connectivity index (χ3n) is 1.53. The first-order chi connectivity index (χ1) is 7.35. The van der Waals surface area contributed by atoms with Gasteiger partial charge in [0.1, 0.15) is 6.10 Å². The van der Waals surface area contributed by atoms with E-state index in [-0.39, 0.29) is 6.10 Å². The molecule has 1 atom stereocenters. The first-order valence-corrected chi connectivity index (χ1v) is 4.91. The van der Waals surface area contributed by atoms with Gasteiger partial charge in [-0.15, -0.1) is 6.58 Å². The molecular formula is C13H16O2. The van der Waals surface area contributed by atoms with Crippen molar-refractivity contribution in [2.24, 2.45) is 0 Å². The molecule has 0 aliphatic heterocycles. The van der Waals surface area contributed by atoms with E-state index in [0.29, 0.717) is 6.42 Å². The van der Waals surface area contributed by atoms with Crippen LogP contribution < -0.4 is 0 Å². The fourth-order valence-electron chi connectivity index (χ4n) is 0.786. The monoisotopic (exact) mass is 204 g/mol. The number of hydrogen-bond acceptors (Lipinski definition) is 2. The standard InChI is InChI=1S/C13H16O2/c1-3-5-6-7-8-9-10-12-13(15-14)11-4-2/h4,10,12-14H,2-3,5,11H2,1H3. The van der Waals surface area contributed by atoms with Crippen molar-refractivity contribution >= 4 is 0 Å². The minimum absolute atomic E-state index is 0.375. The fourth-order valence-corrected chi connectivity index (χ4v) is 0.786. The van der Waals surface area contributed by atoms with Crippen LogP contribution in [0.25, 0.3) is 0 Å². The van der Waals surface area contributed by atoms with Crippen molar-refractivity contribution < 1.29 is 10.1 Å². The van der Waals surface area contributed by atoms with Crippen molar-refractivity contribution in [1.29, 1.82) is 0 Å². The Kier molecular flexibility index (Phi) is 9.55. The van der Waals surface area contributed by atoms with Crippen molar-refractivity contribution in [3.8, 4) is 23.7 Å². The average molecular weight is 204 g/mol. The fraction of sp³-hybridized carbons (Fsp3) is 0.385. The molecule has 0 amide bonds. The van der Waals surface area contributed by atoms with Crippen LogP contribution in [-0.2, 0) is 4.89 Å². The van der Waals surface area contributed by atoms with Gasteiger partial charge in [0.15, 0.2) is 0 Å². The molecule has 0 rings (SSSR count). The maximum Gasteiger partial charge on any atom is 0.115 e. The Morgan fingerprint density at radius 2 is 2.27 bits per heavy atom. The highest BCUT2D eigenvalue weighted by atomic mass is 17.1. The van der Waals surface area contributed by atoms with Gasteiger partial charge in [0, 0.05) is 6.42 Å². The average Bonchev–Trinajstić information content (AvgIpc) is 2.26. The Hall–Kier alpha value is -1.48. The summed E-state index contributed by atoms with van der Waals surface area (Å²) in [5, 5.41) is 8.45. The largest absolute Gasteiger partial charge is 0.251 e. The van der Waals surface area contributed by atoms with Gasteiger partial charge in [0.05, 0.1) is 0 Å². The zero-order valence-electron chi connectivity index (χ0n) is 8.99. The van der Waals surface area contributed by atoms with E-state index in [1.54, 1.807) is 18.2 Å². The molecular weight excluding hydrogens is 188 g/mol. The predicted octanol–water partition coefficient (Wildman–Crippen LogP) is 2.78. The maximum absolute atomic E-state index is 8.45. The van der Waals surface area contributed by atoms with Crippen molar-refractivity contribution in [2.75, 3.05) is 0 Å². The molecule has 0 aliphatic carbocycles. The first-order valence-electron chi connectivity index (χ1n) is 4.91. The van der Waals surface area contributed by atoms with Gasteiger partial charge in [-0.1, -0.05) is 24.8 Å². The Bertz CT molecular complexity index is 307. The van der Waals surface area contributed by atoms with Crippen LogP contribution in [-0.4, -0.2) is 11.4 Å². The van der Waals surface area contributed by atoms with Crippen LogP contribution in [0.2, 0.25) is 0 Å². The molecule has 0 aromatic carbocycles. The molecule has 0 fully saturated rings. The van der Waals surface area contributed by atoms with E-state index in [9.17, 15) is 0 Å². The molecule has 0 radical (unpaired) electrons. The first kappa shape index (κ1) is 13.5. The van der Waals surface area contributed by atoms with Crippen LogP contribution in [0.1, 0.15) is 26.2 Å². The van der Waals surface area contributed by atoms with Gasteiger partial charge in [-0.3, -0.25) is 5.26 Å². The van der Waals surface area contributed by atoms with Gasteiger partial charge < -0.3 is 0 Å². The van der Waals surface area contributed by atoms with Crippen LogP contribution in [0.4, 0.5) is 0 Å². The van der Waals surface area contributed by atoms with Gasteiger partial charge >= 0.3 is 0 Å². The van der Waals surface area contributed by atoms with Crippen LogP contribution in [0, 0.1) is 23.7 Å². The third kappa shape index (κ3) is 8.84. The second-order valence-electron chi connectivity index (χ2n) is 2.85. The highest BCUT2D eigenvalue weighted by molar-refractivity contribution is 5.30. The molecule has 0 aliphatic rings. The highest BCUT2D eigenvalue weighted by Gasteiger charge is 1.98. The molecule has 80 valence electrons. The molecule has 0 saturated heterocycles. The number of allylic oxidation sites excluding steroid dienone is 1. The van der Waals surface area contributed by atoms with E-state index in [1.165, 1.54) is 0 Å². The number of rotatable bonds is 5. The van der Waals surface area contributed by atoms with E-state index < -0.39 is 0 Å². The zero-order valence-corrected chi connectivity index (χ0v) is 8.99. The number of hydrogen-bond donors (Lipinski definition) is 1. The molecule has 0 heterocycles. The summed E-state index contributed by atoms with van der Waals surface area (Å²) in [7, 11) is 0. The van der Waals surface area contributed by atoms with E-state index in [0.717, 1.165) is 12.8 Å². The van der Waals surface area contributed by atoms with Crippen LogP contribution in [0.15, 0.2) is 24.8 Å². The van der Waals surface area contributed by atoms with Crippen molar-refractivity contribution in [1.82, 2.24) is 0 Å². The lowest BCUT2D eigenvalue weighted by Gasteiger charge is -2.02. The van der Waals surface area contributed by atoms with Gasteiger partial charge in [0.25, 0.3) is 0 Å². The van der Waals surface area contributed by atoms with Crippen molar-refractivity contribution in [3.05, 3.63) is 24.8 Å². The summed E-state index contributed by atoms with van der Waals surface area (Å²) in [5.74, 6) is 11.1. The summed E-state index contributed by atoms with van der Waals surface area (Å²) in [6, 6.07) is 0. The van der Waals surface area contributed by atoms with Gasteiger partial charge in [-0.25, -0.2) is 4.89 Å². The smallest absolute Gasteiger partial charge is 0.115 e. The normalized spacial score (nSPS) is 11.1. The highest BCUT2D eigenvalue weighted by Crippen LogP contribution is 1.98. The van der Waals surface area contributed by atoms with E-state index in [1.807, 2.05) is 0 Å². The van der Waals surface area contributed by atoms with Gasteiger partial charge in [-0.05, 0) is 36.8 Å². The van der Waals surface area contributed by atoms with E-state index in [2.05, 4.69) is 42.1 Å². The summed E-state index contributed by atoms with van der Waals surface area (Å²) in [4.78, 5) is 4.17. The molecule has 0 spiro atoms. The molecule has 0 saturated carbocycles. The summed E-state index contributed by atoms with van der Waals surface area (Å²) in [6.07, 6.45) is 7.04. The predicted molar refractivity (Wildman–Crippen MR) is 61.9 cm³/mol. The molecule has 2 nitrogen and oxygen atoms in total. The molecule has 0 aromatic rings. The second-order valence-corrected chi connectivity index (χ2v) is 2.85. The molecule has 15 heavy (non-hydrogen) atoms. The maximum atomic E-state index is 8.45. The Balaban J connectivity index is 3.95. The van der Waals surface area contributed by atoms with Crippen molar-refractivity contribution in [3.63, 3.8) is 0 Å². The Labute approximate surface area is 91.6 Å². The number of unbranched alkanes of at least 4 members (excludes halogenated alkanes) is 1. The lowest BCUT2D eigenvalue weighted by molar-refractivity contribution is -0.264. The summed E-state index contributed by atoms with van der Waals surface area (Å²) in [5.41, 5.74) is 0. The Morgan fingerprint density at radius 3 is 2.87 bits per heavy atom. The lowest BCUT2D eigenvalue weighted by atomic mass is 10.2. The van der Waals surface area contributed by atoms with Crippen molar-refractivity contribution in [2.45, 2.75) is 32.3 Å². The second kappa shape index (κ2) is 10.6. The quantitative estimate of drug-likeness (QED) is 0.323. The molecule has 0 bridgehead atoms. The summed E-state index contributed by atoms with van der Waals surface area (Å²) >= 11 is 0. The van der Waals surface area contributed by atoms with E-state index in [4.69, 9.17) is 5.26 Å². The topological polar surface area (TPSA) is 29.5 Å². The van der Waals surface area contributed by atoms with Crippen LogP contribution in [0.5, 0.6) is 0 Å². The molecule has 1 N–H and O–H groups in total. The SMILES string of the molecule is C=CCC(C=CC#CC#CCCC)OO. The van der Waals surface area contributed by atoms with E-state index >= 15 is 0 Å². The van der Waals surface area contributed by atoms with Crippen LogP contribution >= 0.6 is 0 Å².